The first-order valence-electron chi connectivity index (χ1n) is 7.43. The van der Waals surface area contributed by atoms with Gasteiger partial charge in [0.15, 0.2) is 9.84 Å². The van der Waals surface area contributed by atoms with E-state index in [1.807, 2.05) is 13.1 Å². The number of para-hydroxylation sites is 1. The van der Waals surface area contributed by atoms with Gasteiger partial charge in [-0.25, -0.2) is 8.42 Å². The van der Waals surface area contributed by atoms with Gasteiger partial charge in [0, 0.05) is 19.3 Å². The quantitative estimate of drug-likeness (QED) is 0.871. The second-order valence-corrected chi connectivity index (χ2v) is 8.95. The highest BCUT2D eigenvalue weighted by atomic mass is 32.2. The van der Waals surface area contributed by atoms with Crippen LogP contribution in [0.4, 0.5) is 11.4 Å². The average molecular weight is 310 g/mol. The Bertz CT molecular complexity index is 613. The monoisotopic (exact) mass is 310 g/mol. The van der Waals surface area contributed by atoms with Crippen molar-refractivity contribution in [2.45, 2.75) is 50.5 Å². The third-order valence-electron chi connectivity index (χ3n) is 4.68. The van der Waals surface area contributed by atoms with Crippen molar-refractivity contribution in [1.29, 1.82) is 0 Å². The van der Waals surface area contributed by atoms with Crippen molar-refractivity contribution in [1.82, 2.24) is 0 Å². The second kappa shape index (κ2) is 5.52. The SMILES string of the molecule is CN(c1cccc(S(C)(=O)=O)c1N)C1CCC(C)(C)CC1. The second-order valence-electron chi connectivity index (χ2n) is 6.97. The molecule has 1 saturated carbocycles. The van der Waals surface area contributed by atoms with Crippen LogP contribution in [-0.4, -0.2) is 27.8 Å². The van der Waals surface area contributed by atoms with E-state index in [1.54, 1.807) is 12.1 Å². The molecule has 21 heavy (non-hydrogen) atoms. The molecule has 118 valence electrons. The number of hydrogen-bond acceptors (Lipinski definition) is 4. The molecule has 0 amide bonds. The zero-order valence-electron chi connectivity index (χ0n) is 13.4. The summed E-state index contributed by atoms with van der Waals surface area (Å²) in [6.45, 7) is 4.61. The third kappa shape index (κ3) is 3.51. The Morgan fingerprint density at radius 1 is 1.24 bits per heavy atom. The lowest BCUT2D eigenvalue weighted by Crippen LogP contribution is -2.37. The van der Waals surface area contributed by atoms with E-state index in [0.717, 1.165) is 18.5 Å². The fourth-order valence-corrected chi connectivity index (χ4v) is 3.96. The largest absolute Gasteiger partial charge is 0.396 e. The minimum Gasteiger partial charge on any atom is -0.396 e. The predicted molar refractivity (Wildman–Crippen MR) is 88.4 cm³/mol. The molecule has 0 unspecified atom stereocenters. The van der Waals surface area contributed by atoms with Gasteiger partial charge in [-0.3, -0.25) is 0 Å². The normalized spacial score (nSPS) is 19.4. The van der Waals surface area contributed by atoms with Gasteiger partial charge in [-0.2, -0.15) is 0 Å². The smallest absolute Gasteiger partial charge is 0.177 e. The molecule has 0 atom stereocenters. The van der Waals surface area contributed by atoms with Crippen LogP contribution in [0.25, 0.3) is 0 Å². The molecule has 1 aliphatic carbocycles. The van der Waals surface area contributed by atoms with E-state index in [2.05, 4.69) is 18.7 Å². The Hall–Kier alpha value is -1.23. The highest BCUT2D eigenvalue weighted by Gasteiger charge is 2.30. The predicted octanol–water partition coefficient (Wildman–Crippen LogP) is 3.08. The topological polar surface area (TPSA) is 63.4 Å². The van der Waals surface area contributed by atoms with Crippen molar-refractivity contribution in [2.24, 2.45) is 5.41 Å². The van der Waals surface area contributed by atoms with Gasteiger partial charge < -0.3 is 10.6 Å². The number of sulfone groups is 1. The lowest BCUT2D eigenvalue weighted by Gasteiger charge is -2.40. The van der Waals surface area contributed by atoms with Crippen molar-refractivity contribution in [2.75, 3.05) is 23.9 Å². The van der Waals surface area contributed by atoms with E-state index in [4.69, 9.17) is 5.73 Å². The lowest BCUT2D eigenvalue weighted by atomic mass is 9.75. The Balaban J connectivity index is 2.27. The van der Waals surface area contributed by atoms with E-state index < -0.39 is 9.84 Å². The molecule has 1 fully saturated rings. The molecule has 0 saturated heterocycles. The molecule has 0 heterocycles. The molecule has 0 radical (unpaired) electrons. The molecule has 0 bridgehead atoms. The standard InChI is InChI=1S/C16H26N2O2S/c1-16(2)10-8-12(9-11-16)18(3)13-6-5-7-14(15(13)17)21(4,19)20/h5-7,12H,8-11,17H2,1-4H3. The zero-order valence-corrected chi connectivity index (χ0v) is 14.2. The first kappa shape index (κ1) is 16.1. The Kier molecular flexibility index (Phi) is 4.24. The van der Waals surface area contributed by atoms with Crippen molar-refractivity contribution < 1.29 is 8.42 Å². The van der Waals surface area contributed by atoms with Gasteiger partial charge in [-0.15, -0.1) is 0 Å². The van der Waals surface area contributed by atoms with Crippen LogP contribution in [-0.2, 0) is 9.84 Å². The summed E-state index contributed by atoms with van der Waals surface area (Å²) in [4.78, 5) is 2.38. The molecule has 2 rings (SSSR count). The summed E-state index contributed by atoms with van der Waals surface area (Å²) in [7, 11) is -1.28. The molecular formula is C16H26N2O2S. The number of anilines is 2. The summed E-state index contributed by atoms with van der Waals surface area (Å²) >= 11 is 0. The van der Waals surface area contributed by atoms with Crippen LogP contribution in [0.15, 0.2) is 23.1 Å². The fraction of sp³-hybridized carbons (Fsp3) is 0.625. The first-order chi connectivity index (χ1) is 9.62. The van der Waals surface area contributed by atoms with Crippen LogP contribution >= 0.6 is 0 Å². The van der Waals surface area contributed by atoms with E-state index in [-0.39, 0.29) is 4.90 Å². The molecule has 0 aromatic heterocycles. The van der Waals surface area contributed by atoms with Gasteiger partial charge in [0.05, 0.1) is 16.3 Å². The molecule has 0 spiro atoms. The van der Waals surface area contributed by atoms with E-state index in [9.17, 15) is 8.42 Å². The van der Waals surface area contributed by atoms with Gasteiger partial charge in [0.1, 0.15) is 0 Å². The van der Waals surface area contributed by atoms with Crippen LogP contribution < -0.4 is 10.6 Å². The van der Waals surface area contributed by atoms with Crippen LogP contribution in [0.3, 0.4) is 0 Å². The molecular weight excluding hydrogens is 284 g/mol. The molecule has 1 aromatic rings. The molecule has 0 aliphatic heterocycles. The van der Waals surface area contributed by atoms with Crippen molar-refractivity contribution >= 4 is 21.2 Å². The van der Waals surface area contributed by atoms with Gasteiger partial charge in [0.2, 0.25) is 0 Å². The van der Waals surface area contributed by atoms with Crippen LogP contribution in [0.5, 0.6) is 0 Å². The van der Waals surface area contributed by atoms with Crippen LogP contribution in [0, 0.1) is 5.41 Å². The molecule has 4 nitrogen and oxygen atoms in total. The zero-order chi connectivity index (χ0) is 15.8. The van der Waals surface area contributed by atoms with Gasteiger partial charge in [-0.05, 0) is 43.2 Å². The summed E-state index contributed by atoms with van der Waals surface area (Å²) < 4.78 is 23.6. The third-order valence-corrected chi connectivity index (χ3v) is 5.83. The number of benzene rings is 1. The average Bonchev–Trinajstić information content (AvgIpc) is 2.37. The van der Waals surface area contributed by atoms with Crippen LogP contribution in [0.2, 0.25) is 0 Å². The Labute approximate surface area is 128 Å². The maximum atomic E-state index is 11.8. The van der Waals surface area contributed by atoms with Gasteiger partial charge in [0.25, 0.3) is 0 Å². The maximum absolute atomic E-state index is 11.8. The minimum atomic E-state index is -3.29. The first-order valence-corrected chi connectivity index (χ1v) is 9.32. The summed E-state index contributed by atoms with van der Waals surface area (Å²) in [5, 5.41) is 0. The minimum absolute atomic E-state index is 0.225. The maximum Gasteiger partial charge on any atom is 0.177 e. The fourth-order valence-electron chi connectivity index (χ4n) is 3.13. The van der Waals surface area contributed by atoms with E-state index >= 15 is 0 Å². The van der Waals surface area contributed by atoms with Crippen molar-refractivity contribution in [3.8, 4) is 0 Å². The van der Waals surface area contributed by atoms with Crippen molar-refractivity contribution in [3.05, 3.63) is 18.2 Å². The Morgan fingerprint density at radius 2 is 1.81 bits per heavy atom. The van der Waals surface area contributed by atoms with Gasteiger partial charge >= 0.3 is 0 Å². The van der Waals surface area contributed by atoms with Crippen LogP contribution in [0.1, 0.15) is 39.5 Å². The number of nitrogens with two attached hydrogens (primary N) is 1. The number of nitrogens with zero attached hydrogens (tertiary/aromatic N) is 1. The molecule has 2 N–H and O–H groups in total. The summed E-state index contributed by atoms with van der Waals surface area (Å²) in [5.74, 6) is 0. The highest BCUT2D eigenvalue weighted by Crippen LogP contribution is 2.39. The van der Waals surface area contributed by atoms with E-state index in [1.165, 1.54) is 19.1 Å². The number of hydrogen-bond donors (Lipinski definition) is 1. The van der Waals surface area contributed by atoms with Crippen molar-refractivity contribution in [3.63, 3.8) is 0 Å². The number of rotatable bonds is 3. The number of nitrogen functional groups attached to an aromatic ring is 1. The summed E-state index contributed by atoms with van der Waals surface area (Å²) in [5.41, 5.74) is 7.71. The highest BCUT2D eigenvalue weighted by molar-refractivity contribution is 7.90. The molecule has 5 heteroatoms. The summed E-state index contributed by atoms with van der Waals surface area (Å²) in [6, 6.07) is 5.68. The molecule has 1 aromatic carbocycles. The lowest BCUT2D eigenvalue weighted by molar-refractivity contribution is 0.222. The van der Waals surface area contributed by atoms with E-state index in [0.29, 0.717) is 17.1 Å². The molecule has 1 aliphatic rings. The summed E-state index contributed by atoms with van der Waals surface area (Å²) in [6.07, 6.45) is 5.81. The van der Waals surface area contributed by atoms with Gasteiger partial charge in [-0.1, -0.05) is 19.9 Å². The Morgan fingerprint density at radius 3 is 2.33 bits per heavy atom.